The van der Waals surface area contributed by atoms with Crippen molar-refractivity contribution in [2.45, 2.75) is 20.0 Å². The third-order valence-electron chi connectivity index (χ3n) is 5.03. The minimum absolute atomic E-state index is 0.0473. The smallest absolute Gasteiger partial charge is 0.342 e. The van der Waals surface area contributed by atoms with Crippen molar-refractivity contribution in [2.24, 2.45) is 0 Å². The molecule has 1 amide bonds. The van der Waals surface area contributed by atoms with E-state index in [9.17, 15) is 14.4 Å². The summed E-state index contributed by atoms with van der Waals surface area (Å²) < 4.78 is 11.4. The zero-order chi connectivity index (χ0) is 23.5. The van der Waals surface area contributed by atoms with E-state index < -0.39 is 18.0 Å². The lowest BCUT2D eigenvalue weighted by atomic mass is 10.0. The number of hydrogen-bond acceptors (Lipinski definition) is 6. The first kappa shape index (κ1) is 22.2. The molecule has 1 atom stereocenters. The van der Waals surface area contributed by atoms with Gasteiger partial charge in [0.25, 0.3) is 5.91 Å². The summed E-state index contributed by atoms with van der Waals surface area (Å²) in [5, 5.41) is 3.23. The molecule has 4 rings (SSSR count). The molecule has 0 unspecified atom stereocenters. The molecule has 8 heteroatoms. The number of para-hydroxylation sites is 1. The Morgan fingerprint density at radius 3 is 2.52 bits per heavy atom. The van der Waals surface area contributed by atoms with Crippen LogP contribution in [0.25, 0.3) is 22.3 Å². The van der Waals surface area contributed by atoms with Gasteiger partial charge in [0.05, 0.1) is 10.4 Å². The van der Waals surface area contributed by atoms with E-state index in [0.29, 0.717) is 21.9 Å². The van der Waals surface area contributed by atoms with E-state index in [1.807, 2.05) is 30.3 Å². The van der Waals surface area contributed by atoms with Gasteiger partial charge in [0.1, 0.15) is 17.1 Å². The molecule has 0 saturated heterocycles. The Morgan fingerprint density at radius 1 is 1.06 bits per heavy atom. The summed E-state index contributed by atoms with van der Waals surface area (Å²) in [4.78, 5) is 42.3. The molecular formula is C25H19ClN2O5. The minimum atomic E-state index is -1.13. The van der Waals surface area contributed by atoms with E-state index >= 15 is 0 Å². The quantitative estimate of drug-likeness (QED) is 0.419. The van der Waals surface area contributed by atoms with Crippen LogP contribution in [0.4, 0.5) is 5.82 Å². The van der Waals surface area contributed by atoms with Crippen LogP contribution in [0.2, 0.25) is 5.02 Å². The van der Waals surface area contributed by atoms with Crippen LogP contribution in [-0.4, -0.2) is 23.0 Å². The second-order valence-electron chi connectivity index (χ2n) is 7.33. The molecule has 166 valence electrons. The van der Waals surface area contributed by atoms with Crippen LogP contribution in [-0.2, 0) is 9.53 Å². The lowest BCUT2D eigenvalue weighted by molar-refractivity contribution is -0.123. The summed E-state index contributed by atoms with van der Waals surface area (Å²) in [7, 11) is 0. The van der Waals surface area contributed by atoms with E-state index in [1.165, 1.54) is 25.3 Å². The number of halogens is 1. The number of hydrogen-bond donors (Lipinski definition) is 1. The van der Waals surface area contributed by atoms with Crippen LogP contribution in [0.3, 0.4) is 0 Å². The first-order valence-corrected chi connectivity index (χ1v) is 10.5. The lowest BCUT2D eigenvalue weighted by Crippen LogP contribution is -2.30. The molecule has 0 aliphatic heterocycles. The van der Waals surface area contributed by atoms with Crippen molar-refractivity contribution in [3.63, 3.8) is 0 Å². The molecule has 0 radical (unpaired) electrons. The number of nitrogens with one attached hydrogen (secondary N) is 1. The molecule has 0 aliphatic rings. The monoisotopic (exact) mass is 462 g/mol. The van der Waals surface area contributed by atoms with Crippen LogP contribution in [0.15, 0.2) is 76.1 Å². The second kappa shape index (κ2) is 9.26. The molecule has 0 saturated carbocycles. The van der Waals surface area contributed by atoms with Crippen molar-refractivity contribution in [3.05, 3.63) is 93.2 Å². The van der Waals surface area contributed by atoms with Crippen molar-refractivity contribution < 1.29 is 18.7 Å². The highest BCUT2D eigenvalue weighted by Crippen LogP contribution is 2.27. The minimum Gasteiger partial charge on any atom is -0.455 e. The molecule has 0 bridgehead atoms. The van der Waals surface area contributed by atoms with E-state index in [-0.39, 0.29) is 27.8 Å². The summed E-state index contributed by atoms with van der Waals surface area (Å²) in [5.41, 5.74) is 1.04. The van der Waals surface area contributed by atoms with Crippen molar-refractivity contribution in [1.82, 2.24) is 4.98 Å². The van der Waals surface area contributed by atoms with Gasteiger partial charge >= 0.3 is 5.97 Å². The topological polar surface area (TPSA) is 98.5 Å². The first-order valence-electron chi connectivity index (χ1n) is 10.1. The zero-order valence-corrected chi connectivity index (χ0v) is 18.6. The Labute approximate surface area is 194 Å². The summed E-state index contributed by atoms with van der Waals surface area (Å²) in [6, 6.07) is 16.9. The molecule has 0 fully saturated rings. The third kappa shape index (κ3) is 4.63. The van der Waals surface area contributed by atoms with Crippen LogP contribution in [0.1, 0.15) is 22.8 Å². The van der Waals surface area contributed by atoms with Crippen molar-refractivity contribution in [2.75, 3.05) is 5.32 Å². The van der Waals surface area contributed by atoms with Gasteiger partial charge in [-0.15, -0.1) is 0 Å². The maximum atomic E-state index is 13.0. The molecule has 2 aromatic heterocycles. The number of anilines is 1. The normalized spacial score (nSPS) is 11.7. The van der Waals surface area contributed by atoms with Gasteiger partial charge in [-0.3, -0.25) is 9.59 Å². The molecule has 33 heavy (non-hydrogen) atoms. The number of rotatable bonds is 5. The molecule has 2 heterocycles. The predicted octanol–water partition coefficient (Wildman–Crippen LogP) is 5.00. The second-order valence-corrected chi connectivity index (χ2v) is 7.77. The van der Waals surface area contributed by atoms with Gasteiger partial charge in [-0.25, -0.2) is 9.78 Å². The number of carbonyl (C=O) groups is 2. The number of carbonyl (C=O) groups excluding carboxylic acids is 2. The largest absolute Gasteiger partial charge is 0.455 e. The third-order valence-corrected chi connectivity index (χ3v) is 5.26. The zero-order valence-electron chi connectivity index (χ0n) is 17.8. The number of pyridine rings is 1. The van der Waals surface area contributed by atoms with E-state index in [4.69, 9.17) is 20.8 Å². The summed E-state index contributed by atoms with van der Waals surface area (Å²) in [6.07, 6.45) is 0.258. The first-order chi connectivity index (χ1) is 15.8. The Hall–Kier alpha value is -3.97. The van der Waals surface area contributed by atoms with Crippen LogP contribution < -0.4 is 10.7 Å². The summed E-state index contributed by atoms with van der Waals surface area (Å²) in [6.45, 7) is 3.11. The maximum Gasteiger partial charge on any atom is 0.342 e. The number of aromatic nitrogens is 1. The van der Waals surface area contributed by atoms with E-state index in [2.05, 4.69) is 10.3 Å². The number of ether oxygens (including phenoxy) is 1. The van der Waals surface area contributed by atoms with Crippen LogP contribution >= 0.6 is 11.6 Å². The fraction of sp³-hybridized carbons (Fsp3) is 0.120. The molecule has 4 aromatic rings. The van der Waals surface area contributed by atoms with Gasteiger partial charge in [-0.1, -0.05) is 48.0 Å². The molecule has 2 aromatic carbocycles. The van der Waals surface area contributed by atoms with Gasteiger partial charge in [-0.05, 0) is 38.1 Å². The van der Waals surface area contributed by atoms with Crippen molar-refractivity contribution in [1.29, 1.82) is 0 Å². The SMILES string of the molecule is Cc1c(-c2ccccc2)oc2c(C(=O)O[C@@H](C)C(=O)Nc3ccc(Cl)cn3)cccc2c1=O. The molecule has 1 N–H and O–H groups in total. The highest BCUT2D eigenvalue weighted by atomic mass is 35.5. The van der Waals surface area contributed by atoms with Gasteiger partial charge in [-0.2, -0.15) is 0 Å². The molecule has 0 spiro atoms. The average Bonchev–Trinajstić information content (AvgIpc) is 2.82. The standard InChI is InChI=1S/C25H19ClN2O5/c1-14-21(29)18-9-6-10-19(23(18)33-22(14)16-7-4-3-5-8-16)25(31)32-15(2)24(30)28-20-12-11-17(26)13-27-20/h3-13,15H,1-2H3,(H,27,28,30)/t15-/m0/s1. The van der Waals surface area contributed by atoms with Gasteiger partial charge in [0.2, 0.25) is 0 Å². The van der Waals surface area contributed by atoms with Gasteiger partial charge < -0.3 is 14.5 Å². The summed E-state index contributed by atoms with van der Waals surface area (Å²) in [5.74, 6) is -0.724. The number of nitrogens with zero attached hydrogens (tertiary/aromatic N) is 1. The van der Waals surface area contributed by atoms with Gasteiger partial charge in [0.15, 0.2) is 17.1 Å². The highest BCUT2D eigenvalue weighted by Gasteiger charge is 2.23. The Morgan fingerprint density at radius 2 is 1.82 bits per heavy atom. The molecule has 0 aliphatic carbocycles. The fourth-order valence-electron chi connectivity index (χ4n) is 3.29. The Kier molecular flexibility index (Phi) is 6.24. The molecular weight excluding hydrogens is 444 g/mol. The predicted molar refractivity (Wildman–Crippen MR) is 125 cm³/mol. The van der Waals surface area contributed by atoms with E-state index in [0.717, 1.165) is 0 Å². The summed E-state index contributed by atoms with van der Waals surface area (Å²) >= 11 is 5.79. The number of esters is 1. The Balaban J connectivity index is 1.64. The van der Waals surface area contributed by atoms with E-state index in [1.54, 1.807) is 25.1 Å². The number of amides is 1. The lowest BCUT2D eigenvalue weighted by Gasteiger charge is -2.14. The maximum absolute atomic E-state index is 13.0. The number of benzene rings is 2. The van der Waals surface area contributed by atoms with Crippen LogP contribution in [0.5, 0.6) is 0 Å². The van der Waals surface area contributed by atoms with Gasteiger partial charge in [0, 0.05) is 17.3 Å². The molecule has 7 nitrogen and oxygen atoms in total. The fourth-order valence-corrected chi connectivity index (χ4v) is 3.40. The Bertz CT molecular complexity index is 1400. The average molecular weight is 463 g/mol. The van der Waals surface area contributed by atoms with Crippen molar-refractivity contribution >= 4 is 40.3 Å². The number of fused-ring (bicyclic) bond motifs is 1. The van der Waals surface area contributed by atoms with Crippen molar-refractivity contribution in [3.8, 4) is 11.3 Å². The van der Waals surface area contributed by atoms with Crippen LogP contribution in [0, 0.1) is 6.92 Å². The highest BCUT2D eigenvalue weighted by molar-refractivity contribution is 6.30.